The highest BCUT2D eigenvalue weighted by atomic mass is 16.6. The molecule has 66 valence electrons. The summed E-state index contributed by atoms with van der Waals surface area (Å²) < 4.78 is 0. The number of nitrogens with zero attached hydrogens (tertiary/aromatic N) is 2. The summed E-state index contributed by atoms with van der Waals surface area (Å²) in [7, 11) is 0. The SMILES string of the molecule is Nc1ccc([N+](=O)[O-])c2[nH]ncc12. The van der Waals surface area contributed by atoms with Gasteiger partial charge >= 0.3 is 0 Å². The molecular formula is C7H6N4O2. The van der Waals surface area contributed by atoms with Crippen LogP contribution in [0.5, 0.6) is 0 Å². The molecular weight excluding hydrogens is 172 g/mol. The number of hydrogen-bond acceptors (Lipinski definition) is 4. The Bertz CT molecular complexity index is 476. The molecule has 1 aromatic carbocycles. The van der Waals surface area contributed by atoms with Crippen LogP contribution in [0.1, 0.15) is 0 Å². The molecule has 0 aliphatic heterocycles. The van der Waals surface area contributed by atoms with Gasteiger partial charge in [0.1, 0.15) is 5.52 Å². The monoisotopic (exact) mass is 178 g/mol. The van der Waals surface area contributed by atoms with Gasteiger partial charge in [0.25, 0.3) is 5.69 Å². The Kier molecular flexibility index (Phi) is 1.42. The minimum atomic E-state index is -0.472. The molecule has 0 aliphatic carbocycles. The molecule has 0 atom stereocenters. The van der Waals surface area contributed by atoms with E-state index in [0.717, 1.165) is 0 Å². The van der Waals surface area contributed by atoms with E-state index < -0.39 is 4.92 Å². The van der Waals surface area contributed by atoms with Gasteiger partial charge in [0, 0.05) is 17.1 Å². The molecule has 0 saturated carbocycles. The summed E-state index contributed by atoms with van der Waals surface area (Å²) in [5.74, 6) is 0. The van der Waals surface area contributed by atoms with Gasteiger partial charge in [-0.2, -0.15) is 5.10 Å². The minimum absolute atomic E-state index is 0.0123. The first-order valence-corrected chi connectivity index (χ1v) is 3.56. The molecule has 0 amide bonds. The van der Waals surface area contributed by atoms with Crippen molar-refractivity contribution in [1.29, 1.82) is 0 Å². The summed E-state index contributed by atoms with van der Waals surface area (Å²) in [6.07, 6.45) is 1.47. The fourth-order valence-corrected chi connectivity index (χ4v) is 1.19. The fourth-order valence-electron chi connectivity index (χ4n) is 1.19. The lowest BCUT2D eigenvalue weighted by molar-refractivity contribution is -0.383. The third kappa shape index (κ3) is 0.994. The van der Waals surface area contributed by atoms with Crippen molar-refractivity contribution >= 4 is 22.3 Å². The van der Waals surface area contributed by atoms with Gasteiger partial charge in [-0.1, -0.05) is 0 Å². The van der Waals surface area contributed by atoms with Crippen molar-refractivity contribution in [2.45, 2.75) is 0 Å². The van der Waals surface area contributed by atoms with Crippen LogP contribution in [-0.2, 0) is 0 Å². The van der Waals surface area contributed by atoms with Gasteiger partial charge in [0.2, 0.25) is 0 Å². The first kappa shape index (κ1) is 7.53. The number of nitro groups is 1. The van der Waals surface area contributed by atoms with E-state index in [1.165, 1.54) is 18.3 Å². The standard InChI is InChI=1S/C7H6N4O2/c8-5-1-2-6(11(12)13)7-4(5)3-9-10-7/h1-3H,8H2,(H,9,10). The van der Waals surface area contributed by atoms with Crippen molar-refractivity contribution < 1.29 is 4.92 Å². The maximum atomic E-state index is 10.5. The number of nitrogen functional groups attached to an aromatic ring is 1. The first-order chi connectivity index (χ1) is 6.20. The number of non-ortho nitro benzene ring substituents is 1. The van der Waals surface area contributed by atoms with Crippen LogP contribution in [0.4, 0.5) is 11.4 Å². The normalized spacial score (nSPS) is 10.5. The third-order valence-electron chi connectivity index (χ3n) is 1.82. The Morgan fingerprint density at radius 3 is 3.00 bits per heavy atom. The second-order valence-electron chi connectivity index (χ2n) is 2.59. The van der Waals surface area contributed by atoms with Gasteiger partial charge in [-0.3, -0.25) is 15.2 Å². The quantitative estimate of drug-likeness (QED) is 0.387. The van der Waals surface area contributed by atoms with E-state index in [-0.39, 0.29) is 5.69 Å². The highest BCUT2D eigenvalue weighted by molar-refractivity contribution is 5.95. The first-order valence-electron chi connectivity index (χ1n) is 3.56. The lowest BCUT2D eigenvalue weighted by atomic mass is 10.2. The van der Waals surface area contributed by atoms with E-state index in [4.69, 9.17) is 5.73 Å². The number of nitro benzene ring substituents is 1. The Morgan fingerprint density at radius 2 is 2.31 bits per heavy atom. The van der Waals surface area contributed by atoms with Gasteiger partial charge in [-0.15, -0.1) is 0 Å². The van der Waals surface area contributed by atoms with E-state index in [1.54, 1.807) is 0 Å². The average molecular weight is 178 g/mol. The summed E-state index contributed by atoms with van der Waals surface area (Å²) >= 11 is 0. The number of hydrogen-bond donors (Lipinski definition) is 2. The molecule has 0 aliphatic rings. The zero-order chi connectivity index (χ0) is 9.42. The Labute approximate surface area is 72.5 Å². The van der Waals surface area contributed by atoms with Gasteiger partial charge in [0.05, 0.1) is 11.1 Å². The minimum Gasteiger partial charge on any atom is -0.398 e. The number of nitrogens with two attached hydrogens (primary N) is 1. The Balaban J connectivity index is 2.86. The molecule has 1 aromatic heterocycles. The van der Waals surface area contributed by atoms with Gasteiger partial charge in [-0.25, -0.2) is 0 Å². The number of H-pyrrole nitrogens is 1. The average Bonchev–Trinajstić information content (AvgIpc) is 2.53. The largest absolute Gasteiger partial charge is 0.398 e. The summed E-state index contributed by atoms with van der Waals surface area (Å²) in [6.45, 7) is 0. The highest BCUT2D eigenvalue weighted by Crippen LogP contribution is 2.27. The van der Waals surface area contributed by atoms with E-state index in [9.17, 15) is 10.1 Å². The lowest BCUT2D eigenvalue weighted by Gasteiger charge is -1.95. The third-order valence-corrected chi connectivity index (χ3v) is 1.82. The van der Waals surface area contributed by atoms with Crippen LogP contribution in [0.25, 0.3) is 10.9 Å². The predicted molar refractivity (Wildman–Crippen MR) is 47.2 cm³/mol. The molecule has 0 bridgehead atoms. The molecule has 0 saturated heterocycles. The maximum Gasteiger partial charge on any atom is 0.295 e. The smallest absolute Gasteiger partial charge is 0.295 e. The topological polar surface area (TPSA) is 97.8 Å². The fraction of sp³-hybridized carbons (Fsp3) is 0. The summed E-state index contributed by atoms with van der Waals surface area (Å²) in [6, 6.07) is 2.85. The number of benzene rings is 1. The summed E-state index contributed by atoms with van der Waals surface area (Å²) in [4.78, 5) is 10.1. The van der Waals surface area contributed by atoms with Crippen LogP contribution in [-0.4, -0.2) is 15.1 Å². The van der Waals surface area contributed by atoms with Crippen LogP contribution in [0, 0.1) is 10.1 Å². The number of nitrogens with one attached hydrogen (secondary N) is 1. The molecule has 0 unspecified atom stereocenters. The Hall–Kier alpha value is -2.11. The zero-order valence-corrected chi connectivity index (χ0v) is 6.52. The molecule has 0 fully saturated rings. The van der Waals surface area contributed by atoms with Crippen molar-refractivity contribution in [3.8, 4) is 0 Å². The van der Waals surface area contributed by atoms with Crippen LogP contribution >= 0.6 is 0 Å². The Morgan fingerprint density at radius 1 is 1.54 bits per heavy atom. The number of aromatic nitrogens is 2. The van der Waals surface area contributed by atoms with Gasteiger partial charge in [-0.05, 0) is 6.07 Å². The van der Waals surface area contributed by atoms with Crippen molar-refractivity contribution in [2.24, 2.45) is 0 Å². The molecule has 1 heterocycles. The van der Waals surface area contributed by atoms with Gasteiger partial charge in [0.15, 0.2) is 0 Å². The number of fused-ring (bicyclic) bond motifs is 1. The van der Waals surface area contributed by atoms with Gasteiger partial charge < -0.3 is 5.73 Å². The maximum absolute atomic E-state index is 10.5. The van der Waals surface area contributed by atoms with Crippen molar-refractivity contribution in [1.82, 2.24) is 10.2 Å². The molecule has 6 heteroatoms. The molecule has 2 aromatic rings. The van der Waals surface area contributed by atoms with Crippen LogP contribution in [0.15, 0.2) is 18.3 Å². The molecule has 2 rings (SSSR count). The number of aromatic amines is 1. The lowest BCUT2D eigenvalue weighted by Crippen LogP contribution is -1.91. The zero-order valence-electron chi connectivity index (χ0n) is 6.52. The van der Waals surface area contributed by atoms with E-state index in [0.29, 0.717) is 16.6 Å². The molecule has 6 nitrogen and oxygen atoms in total. The van der Waals surface area contributed by atoms with E-state index in [1.807, 2.05) is 0 Å². The second-order valence-corrected chi connectivity index (χ2v) is 2.59. The van der Waals surface area contributed by atoms with Crippen LogP contribution in [0.3, 0.4) is 0 Å². The van der Waals surface area contributed by atoms with E-state index in [2.05, 4.69) is 10.2 Å². The predicted octanol–water partition coefficient (Wildman–Crippen LogP) is 1.05. The van der Waals surface area contributed by atoms with Crippen LogP contribution < -0.4 is 5.73 Å². The van der Waals surface area contributed by atoms with Crippen molar-refractivity contribution in [3.63, 3.8) is 0 Å². The highest BCUT2D eigenvalue weighted by Gasteiger charge is 2.14. The second kappa shape index (κ2) is 2.44. The molecule has 0 spiro atoms. The van der Waals surface area contributed by atoms with E-state index >= 15 is 0 Å². The van der Waals surface area contributed by atoms with Crippen LogP contribution in [0.2, 0.25) is 0 Å². The van der Waals surface area contributed by atoms with Crippen molar-refractivity contribution in [2.75, 3.05) is 5.73 Å². The summed E-state index contributed by atoms with van der Waals surface area (Å²) in [5, 5.41) is 17.4. The molecule has 3 N–H and O–H groups in total. The van der Waals surface area contributed by atoms with Crippen molar-refractivity contribution in [3.05, 3.63) is 28.4 Å². The molecule has 0 radical (unpaired) electrons. The number of anilines is 1. The molecule has 13 heavy (non-hydrogen) atoms. The summed E-state index contributed by atoms with van der Waals surface area (Å²) in [5.41, 5.74) is 6.42. The number of rotatable bonds is 1.